The Balaban J connectivity index is 1.86. The van der Waals surface area contributed by atoms with Gasteiger partial charge >= 0.3 is 0 Å². The first-order valence-electron chi connectivity index (χ1n) is 7.08. The van der Waals surface area contributed by atoms with Gasteiger partial charge in [0.05, 0.1) is 11.4 Å². The average molecular weight is 298 g/mol. The molecule has 0 bridgehead atoms. The van der Waals surface area contributed by atoms with E-state index in [1.165, 1.54) is 21.2 Å². The second-order valence-corrected chi connectivity index (χ2v) is 6.21. The quantitative estimate of drug-likeness (QED) is 0.785. The molecule has 21 heavy (non-hydrogen) atoms. The number of para-hydroxylation sites is 2. The van der Waals surface area contributed by atoms with Crippen LogP contribution in [0.15, 0.2) is 58.3 Å². The summed E-state index contributed by atoms with van der Waals surface area (Å²) in [5.74, 6) is 0. The van der Waals surface area contributed by atoms with Crippen molar-refractivity contribution in [1.82, 2.24) is 4.90 Å². The molecule has 0 saturated carbocycles. The van der Waals surface area contributed by atoms with Crippen LogP contribution >= 0.6 is 11.8 Å². The second-order valence-electron chi connectivity index (χ2n) is 5.13. The van der Waals surface area contributed by atoms with Crippen molar-refractivity contribution in [3.8, 4) is 0 Å². The first-order valence-corrected chi connectivity index (χ1v) is 7.90. The van der Waals surface area contributed by atoms with Crippen molar-refractivity contribution >= 4 is 29.5 Å². The Morgan fingerprint density at radius 3 is 2.19 bits per heavy atom. The summed E-state index contributed by atoms with van der Waals surface area (Å²) in [6.45, 7) is 1.68. The molecule has 3 nitrogen and oxygen atoms in total. The summed E-state index contributed by atoms with van der Waals surface area (Å²) < 4.78 is 0. The van der Waals surface area contributed by atoms with Crippen molar-refractivity contribution in [2.45, 2.75) is 16.2 Å². The van der Waals surface area contributed by atoms with Crippen LogP contribution in [-0.2, 0) is 4.79 Å². The molecule has 1 aliphatic rings. The van der Waals surface area contributed by atoms with Gasteiger partial charge in [-0.15, -0.1) is 0 Å². The van der Waals surface area contributed by atoms with Gasteiger partial charge in [0, 0.05) is 29.9 Å². The third-order valence-electron chi connectivity index (χ3n) is 3.60. The smallest absolute Gasteiger partial charge is 0.209 e. The Labute approximate surface area is 129 Å². The van der Waals surface area contributed by atoms with Crippen LogP contribution in [0.5, 0.6) is 0 Å². The summed E-state index contributed by atoms with van der Waals surface area (Å²) in [5.41, 5.74) is 2.52. The number of amides is 1. The molecule has 4 heteroatoms. The van der Waals surface area contributed by atoms with E-state index in [0.29, 0.717) is 0 Å². The molecule has 2 aromatic rings. The zero-order chi connectivity index (χ0) is 14.7. The molecule has 0 fully saturated rings. The third-order valence-corrected chi connectivity index (χ3v) is 4.73. The van der Waals surface area contributed by atoms with Crippen LogP contribution in [0, 0.1) is 0 Å². The molecule has 0 aliphatic carbocycles. The van der Waals surface area contributed by atoms with Gasteiger partial charge < -0.3 is 9.80 Å². The van der Waals surface area contributed by atoms with Gasteiger partial charge in [0.1, 0.15) is 0 Å². The molecule has 0 N–H and O–H groups in total. The summed E-state index contributed by atoms with van der Waals surface area (Å²) in [5, 5.41) is 0. The minimum Gasteiger partial charge on any atom is -0.348 e. The lowest BCUT2D eigenvalue weighted by Gasteiger charge is -2.33. The summed E-state index contributed by atoms with van der Waals surface area (Å²) in [7, 11) is 1.82. The predicted molar refractivity (Wildman–Crippen MR) is 87.3 cm³/mol. The lowest BCUT2D eigenvalue weighted by molar-refractivity contribution is -0.117. The maximum Gasteiger partial charge on any atom is 0.209 e. The van der Waals surface area contributed by atoms with Gasteiger partial charge in [-0.1, -0.05) is 36.0 Å². The molecule has 0 unspecified atom stereocenters. The zero-order valence-corrected chi connectivity index (χ0v) is 12.8. The maximum atomic E-state index is 10.7. The van der Waals surface area contributed by atoms with Gasteiger partial charge in [-0.25, -0.2) is 0 Å². The number of hydrogen-bond donors (Lipinski definition) is 0. The third kappa shape index (κ3) is 2.90. The summed E-state index contributed by atoms with van der Waals surface area (Å²) in [6, 6.07) is 17.0. The van der Waals surface area contributed by atoms with E-state index >= 15 is 0 Å². The van der Waals surface area contributed by atoms with Gasteiger partial charge in [0.25, 0.3) is 0 Å². The van der Waals surface area contributed by atoms with Crippen molar-refractivity contribution in [3.05, 3.63) is 48.5 Å². The Morgan fingerprint density at radius 2 is 1.62 bits per heavy atom. The monoisotopic (exact) mass is 298 g/mol. The highest BCUT2D eigenvalue weighted by Gasteiger charge is 2.22. The van der Waals surface area contributed by atoms with Gasteiger partial charge in [-0.05, 0) is 30.7 Å². The first kappa shape index (κ1) is 14.0. The van der Waals surface area contributed by atoms with E-state index in [2.05, 4.69) is 53.4 Å². The molecule has 1 amide bonds. The Morgan fingerprint density at radius 1 is 1.05 bits per heavy atom. The highest BCUT2D eigenvalue weighted by molar-refractivity contribution is 7.99. The molecule has 108 valence electrons. The summed E-state index contributed by atoms with van der Waals surface area (Å²) >= 11 is 1.82. The van der Waals surface area contributed by atoms with E-state index in [9.17, 15) is 4.79 Å². The SMILES string of the molecule is CN(C=O)CCCN1c2ccccc2Sc2ccccc21. The maximum absolute atomic E-state index is 10.7. The molecule has 0 saturated heterocycles. The minimum absolute atomic E-state index is 0.775. The summed E-state index contributed by atoms with van der Waals surface area (Å²) in [6.07, 6.45) is 1.83. The number of benzene rings is 2. The van der Waals surface area contributed by atoms with E-state index in [0.717, 1.165) is 25.9 Å². The van der Waals surface area contributed by atoms with E-state index in [1.807, 2.05) is 18.8 Å². The molecule has 1 heterocycles. The largest absolute Gasteiger partial charge is 0.348 e. The second kappa shape index (κ2) is 6.22. The van der Waals surface area contributed by atoms with Crippen LogP contribution in [0.3, 0.4) is 0 Å². The fourth-order valence-electron chi connectivity index (χ4n) is 2.55. The zero-order valence-electron chi connectivity index (χ0n) is 12.0. The van der Waals surface area contributed by atoms with Crippen LogP contribution in [0.1, 0.15) is 6.42 Å². The number of carbonyl (C=O) groups excluding carboxylic acids is 1. The fraction of sp³-hybridized carbons (Fsp3) is 0.235. The highest BCUT2D eigenvalue weighted by atomic mass is 32.2. The van der Waals surface area contributed by atoms with Gasteiger partial charge in [0.2, 0.25) is 6.41 Å². The standard InChI is InChI=1S/C17H18N2OS/c1-18(13-20)11-6-12-19-14-7-2-4-9-16(14)21-17-10-5-3-8-15(17)19/h2-5,7-10,13H,6,11-12H2,1H3. The lowest BCUT2D eigenvalue weighted by atomic mass is 10.2. The Kier molecular flexibility index (Phi) is 4.15. The number of nitrogens with zero attached hydrogens (tertiary/aromatic N) is 2. The highest BCUT2D eigenvalue weighted by Crippen LogP contribution is 2.47. The van der Waals surface area contributed by atoms with Crippen molar-refractivity contribution in [2.75, 3.05) is 25.0 Å². The number of carbonyl (C=O) groups is 1. The van der Waals surface area contributed by atoms with Crippen LogP contribution in [0.25, 0.3) is 0 Å². The first-order chi connectivity index (χ1) is 10.3. The predicted octanol–water partition coefficient (Wildman–Crippen LogP) is 3.77. The van der Waals surface area contributed by atoms with Crippen LogP contribution in [-0.4, -0.2) is 31.4 Å². The molecular weight excluding hydrogens is 280 g/mol. The fourth-order valence-corrected chi connectivity index (χ4v) is 3.65. The molecular formula is C17H18N2OS. The van der Waals surface area contributed by atoms with Crippen LogP contribution in [0.2, 0.25) is 0 Å². The van der Waals surface area contributed by atoms with E-state index in [-0.39, 0.29) is 0 Å². The molecule has 0 spiro atoms. The molecule has 3 rings (SSSR count). The average Bonchev–Trinajstić information content (AvgIpc) is 2.54. The molecule has 1 aliphatic heterocycles. The van der Waals surface area contributed by atoms with E-state index in [1.54, 1.807) is 4.90 Å². The van der Waals surface area contributed by atoms with Gasteiger partial charge in [-0.3, -0.25) is 4.79 Å². The topological polar surface area (TPSA) is 23.6 Å². The lowest BCUT2D eigenvalue weighted by Crippen LogP contribution is -2.26. The van der Waals surface area contributed by atoms with Crippen LogP contribution < -0.4 is 4.90 Å². The van der Waals surface area contributed by atoms with Crippen molar-refractivity contribution < 1.29 is 4.79 Å². The van der Waals surface area contributed by atoms with Crippen LogP contribution in [0.4, 0.5) is 11.4 Å². The minimum atomic E-state index is 0.775. The Bertz CT molecular complexity index is 599. The molecule has 0 atom stereocenters. The van der Waals surface area contributed by atoms with Crippen molar-refractivity contribution in [3.63, 3.8) is 0 Å². The van der Waals surface area contributed by atoms with E-state index in [4.69, 9.17) is 0 Å². The number of anilines is 2. The molecule has 2 aromatic carbocycles. The normalized spacial score (nSPS) is 12.5. The van der Waals surface area contributed by atoms with Crippen molar-refractivity contribution in [1.29, 1.82) is 0 Å². The number of hydrogen-bond acceptors (Lipinski definition) is 3. The van der Waals surface area contributed by atoms with Gasteiger partial charge in [0.15, 0.2) is 0 Å². The summed E-state index contributed by atoms with van der Waals surface area (Å²) in [4.78, 5) is 17.3. The van der Waals surface area contributed by atoms with Gasteiger partial charge in [-0.2, -0.15) is 0 Å². The molecule has 0 aromatic heterocycles. The van der Waals surface area contributed by atoms with Crippen molar-refractivity contribution in [2.24, 2.45) is 0 Å². The Hall–Kier alpha value is -1.94. The molecule has 0 radical (unpaired) electrons. The number of fused-ring (bicyclic) bond motifs is 2. The van der Waals surface area contributed by atoms with E-state index < -0.39 is 0 Å². The number of rotatable bonds is 5.